The first-order valence-corrected chi connectivity index (χ1v) is 6.02. The summed E-state index contributed by atoms with van der Waals surface area (Å²) >= 11 is 4.96. The van der Waals surface area contributed by atoms with Gasteiger partial charge in [-0.05, 0) is 41.2 Å². The highest BCUT2D eigenvalue weighted by Gasteiger charge is 2.23. The van der Waals surface area contributed by atoms with Crippen LogP contribution in [0.4, 0.5) is 0 Å². The van der Waals surface area contributed by atoms with Crippen molar-refractivity contribution in [2.24, 2.45) is 5.73 Å². The SMILES string of the molecule is CC(C)(N)c1noc(-c2sccc2Br)n1. The number of aromatic nitrogens is 2. The van der Waals surface area contributed by atoms with Crippen LogP contribution in [0.5, 0.6) is 0 Å². The van der Waals surface area contributed by atoms with Gasteiger partial charge in [0.25, 0.3) is 5.89 Å². The van der Waals surface area contributed by atoms with Gasteiger partial charge in [0.05, 0.1) is 5.54 Å². The Morgan fingerprint density at radius 3 is 2.73 bits per heavy atom. The zero-order valence-corrected chi connectivity index (χ0v) is 10.7. The Bertz CT molecular complexity index is 472. The Kier molecular flexibility index (Phi) is 2.66. The third-order valence-corrected chi connectivity index (χ3v) is 3.64. The van der Waals surface area contributed by atoms with Gasteiger partial charge in [-0.15, -0.1) is 11.3 Å². The molecule has 0 aromatic carbocycles. The van der Waals surface area contributed by atoms with Gasteiger partial charge in [0, 0.05) is 4.47 Å². The molecule has 0 saturated heterocycles. The molecule has 2 N–H and O–H groups in total. The Morgan fingerprint density at radius 2 is 2.27 bits per heavy atom. The standard InChI is InChI=1S/C9H10BrN3OS/c1-9(2,11)8-12-7(14-13-8)6-5(10)3-4-15-6/h3-4H,11H2,1-2H3. The second kappa shape index (κ2) is 3.70. The summed E-state index contributed by atoms with van der Waals surface area (Å²) in [5.41, 5.74) is 5.29. The number of rotatable bonds is 2. The van der Waals surface area contributed by atoms with Crippen molar-refractivity contribution >= 4 is 27.3 Å². The van der Waals surface area contributed by atoms with Crippen LogP contribution in [0.3, 0.4) is 0 Å². The van der Waals surface area contributed by atoms with Gasteiger partial charge >= 0.3 is 0 Å². The van der Waals surface area contributed by atoms with E-state index in [1.165, 1.54) is 0 Å². The van der Waals surface area contributed by atoms with E-state index in [0.29, 0.717) is 11.7 Å². The van der Waals surface area contributed by atoms with Gasteiger partial charge in [0.2, 0.25) is 0 Å². The first kappa shape index (κ1) is 10.8. The summed E-state index contributed by atoms with van der Waals surface area (Å²) in [6, 6.07) is 1.94. The molecule has 0 aliphatic carbocycles. The van der Waals surface area contributed by atoms with Crippen molar-refractivity contribution in [3.63, 3.8) is 0 Å². The maximum atomic E-state index is 5.87. The predicted molar refractivity (Wildman–Crippen MR) is 62.5 cm³/mol. The number of hydrogen-bond donors (Lipinski definition) is 1. The van der Waals surface area contributed by atoms with Crippen molar-refractivity contribution < 1.29 is 4.52 Å². The largest absolute Gasteiger partial charge is 0.333 e. The fourth-order valence-electron chi connectivity index (χ4n) is 1.02. The molecule has 0 radical (unpaired) electrons. The molecular weight excluding hydrogens is 278 g/mol. The van der Waals surface area contributed by atoms with Gasteiger partial charge in [-0.3, -0.25) is 0 Å². The minimum atomic E-state index is -0.578. The molecule has 0 saturated carbocycles. The number of thiophene rings is 1. The molecule has 2 heterocycles. The van der Waals surface area contributed by atoms with Crippen molar-refractivity contribution in [3.8, 4) is 10.8 Å². The molecule has 0 unspecified atom stereocenters. The maximum Gasteiger partial charge on any atom is 0.269 e. The van der Waals surface area contributed by atoms with Gasteiger partial charge < -0.3 is 10.3 Å². The summed E-state index contributed by atoms with van der Waals surface area (Å²) in [7, 11) is 0. The molecule has 0 spiro atoms. The molecule has 0 bridgehead atoms. The summed E-state index contributed by atoms with van der Waals surface area (Å²) in [5, 5.41) is 5.81. The van der Waals surface area contributed by atoms with E-state index in [4.69, 9.17) is 10.3 Å². The van der Waals surface area contributed by atoms with Gasteiger partial charge in [0.1, 0.15) is 4.88 Å². The fourth-order valence-corrected chi connectivity index (χ4v) is 2.49. The average Bonchev–Trinajstić information content (AvgIpc) is 2.69. The number of nitrogens with zero attached hydrogens (tertiary/aromatic N) is 2. The molecule has 0 aliphatic heterocycles. The van der Waals surface area contributed by atoms with E-state index in [1.807, 2.05) is 25.3 Å². The molecule has 4 nitrogen and oxygen atoms in total. The number of hydrogen-bond acceptors (Lipinski definition) is 5. The Labute approximate surface area is 99.6 Å². The van der Waals surface area contributed by atoms with Crippen molar-refractivity contribution in [3.05, 3.63) is 21.7 Å². The van der Waals surface area contributed by atoms with E-state index in [0.717, 1.165) is 9.35 Å². The molecule has 0 amide bonds. The van der Waals surface area contributed by atoms with E-state index in [-0.39, 0.29) is 0 Å². The number of halogens is 1. The van der Waals surface area contributed by atoms with E-state index in [9.17, 15) is 0 Å². The first-order chi connectivity index (χ1) is 6.98. The van der Waals surface area contributed by atoms with Gasteiger partial charge in [0.15, 0.2) is 5.82 Å². The molecule has 6 heteroatoms. The van der Waals surface area contributed by atoms with Crippen LogP contribution in [0.2, 0.25) is 0 Å². The van der Waals surface area contributed by atoms with Crippen LogP contribution in [0.1, 0.15) is 19.7 Å². The highest BCUT2D eigenvalue weighted by atomic mass is 79.9. The lowest BCUT2D eigenvalue weighted by Gasteiger charge is -2.11. The van der Waals surface area contributed by atoms with Crippen LogP contribution in [-0.2, 0) is 5.54 Å². The van der Waals surface area contributed by atoms with Crippen LogP contribution >= 0.6 is 27.3 Å². The quantitative estimate of drug-likeness (QED) is 0.922. The minimum Gasteiger partial charge on any atom is -0.333 e. The van der Waals surface area contributed by atoms with Gasteiger partial charge in [-0.25, -0.2) is 0 Å². The number of nitrogens with two attached hydrogens (primary N) is 1. The van der Waals surface area contributed by atoms with Crippen LogP contribution in [0, 0.1) is 0 Å². The molecule has 2 aromatic heterocycles. The Morgan fingerprint density at radius 1 is 1.53 bits per heavy atom. The summed E-state index contributed by atoms with van der Waals surface area (Å²) < 4.78 is 6.11. The normalized spacial score (nSPS) is 12.0. The van der Waals surface area contributed by atoms with Crippen molar-refractivity contribution in [1.82, 2.24) is 10.1 Å². The van der Waals surface area contributed by atoms with E-state index in [1.54, 1.807) is 11.3 Å². The maximum absolute atomic E-state index is 5.87. The lowest BCUT2D eigenvalue weighted by atomic mass is 10.1. The molecule has 0 aliphatic rings. The monoisotopic (exact) mass is 287 g/mol. The summed E-state index contributed by atoms with van der Waals surface area (Å²) in [5.74, 6) is 1.02. The van der Waals surface area contributed by atoms with E-state index in [2.05, 4.69) is 26.1 Å². The molecular formula is C9H10BrN3OS. The molecule has 0 atom stereocenters. The zero-order chi connectivity index (χ0) is 11.1. The summed E-state index contributed by atoms with van der Waals surface area (Å²) in [6.07, 6.45) is 0. The first-order valence-electron chi connectivity index (χ1n) is 4.35. The van der Waals surface area contributed by atoms with Crippen LogP contribution in [-0.4, -0.2) is 10.1 Å². The van der Waals surface area contributed by atoms with Crippen molar-refractivity contribution in [1.29, 1.82) is 0 Å². The van der Waals surface area contributed by atoms with Crippen LogP contribution < -0.4 is 5.73 Å². The van der Waals surface area contributed by atoms with Crippen LogP contribution in [0.15, 0.2) is 20.4 Å². The van der Waals surface area contributed by atoms with Crippen molar-refractivity contribution in [2.45, 2.75) is 19.4 Å². The molecule has 0 fully saturated rings. The second-order valence-electron chi connectivity index (χ2n) is 3.74. The predicted octanol–water partition coefficient (Wildman–Crippen LogP) is 2.75. The zero-order valence-electron chi connectivity index (χ0n) is 8.32. The second-order valence-corrected chi connectivity index (χ2v) is 5.51. The van der Waals surface area contributed by atoms with Crippen LogP contribution in [0.25, 0.3) is 10.8 Å². The third-order valence-electron chi connectivity index (χ3n) is 1.81. The van der Waals surface area contributed by atoms with Gasteiger partial charge in [-0.2, -0.15) is 4.98 Å². The minimum absolute atomic E-state index is 0.505. The van der Waals surface area contributed by atoms with Gasteiger partial charge in [-0.1, -0.05) is 5.16 Å². The lowest BCUT2D eigenvalue weighted by molar-refractivity contribution is 0.397. The Balaban J connectivity index is 2.41. The topological polar surface area (TPSA) is 64.9 Å². The molecule has 15 heavy (non-hydrogen) atoms. The summed E-state index contributed by atoms with van der Waals surface area (Å²) in [6.45, 7) is 3.68. The lowest BCUT2D eigenvalue weighted by Crippen LogP contribution is -2.30. The third kappa shape index (κ3) is 2.11. The highest BCUT2D eigenvalue weighted by Crippen LogP contribution is 2.32. The van der Waals surface area contributed by atoms with E-state index < -0.39 is 5.54 Å². The highest BCUT2D eigenvalue weighted by molar-refractivity contribution is 9.10. The molecule has 2 rings (SSSR count). The average molecular weight is 288 g/mol. The Hall–Kier alpha value is -0.720. The van der Waals surface area contributed by atoms with Crippen molar-refractivity contribution in [2.75, 3.05) is 0 Å². The van der Waals surface area contributed by atoms with E-state index >= 15 is 0 Å². The molecule has 80 valence electrons. The smallest absolute Gasteiger partial charge is 0.269 e. The molecule has 2 aromatic rings. The fraction of sp³-hybridized carbons (Fsp3) is 0.333. The summed E-state index contributed by atoms with van der Waals surface area (Å²) in [4.78, 5) is 5.19.